The van der Waals surface area contributed by atoms with Crippen LogP contribution in [-0.2, 0) is 17.6 Å². The summed E-state index contributed by atoms with van der Waals surface area (Å²) in [7, 11) is 0. The Kier molecular flexibility index (Phi) is 5.32. The van der Waals surface area contributed by atoms with Gasteiger partial charge >= 0.3 is 6.18 Å². The van der Waals surface area contributed by atoms with E-state index in [0.717, 1.165) is 17.8 Å². The quantitative estimate of drug-likeness (QED) is 0.523. The zero-order chi connectivity index (χ0) is 16.2. The third kappa shape index (κ3) is 4.64. The Morgan fingerprint density at radius 2 is 1.64 bits per heavy atom. The summed E-state index contributed by atoms with van der Waals surface area (Å²) in [5, 5.41) is 4.33. The van der Waals surface area contributed by atoms with Gasteiger partial charge in [-0.1, -0.05) is 40.5 Å². The van der Waals surface area contributed by atoms with Crippen LogP contribution in [0, 0.1) is 0 Å². The Balaban J connectivity index is 2.06. The summed E-state index contributed by atoms with van der Waals surface area (Å²) in [5.74, 6) is 0. The van der Waals surface area contributed by atoms with Crippen LogP contribution in [0.15, 0.2) is 47.6 Å². The molecule has 0 saturated carbocycles. The molecule has 2 rings (SSSR count). The summed E-state index contributed by atoms with van der Waals surface area (Å²) in [6, 6.07) is 10.1. The van der Waals surface area contributed by atoms with Crippen molar-refractivity contribution in [1.29, 1.82) is 0 Å². The van der Waals surface area contributed by atoms with Gasteiger partial charge in [0.25, 0.3) is 0 Å². The number of oxime groups is 1. The van der Waals surface area contributed by atoms with E-state index < -0.39 is 11.7 Å². The first-order valence-corrected chi connectivity index (χ1v) is 6.88. The number of benzene rings is 2. The van der Waals surface area contributed by atoms with E-state index in [2.05, 4.69) is 5.16 Å². The van der Waals surface area contributed by atoms with Crippen LogP contribution in [0.25, 0.3) is 0 Å². The molecule has 0 aromatic heterocycles. The van der Waals surface area contributed by atoms with Crippen LogP contribution in [0.4, 0.5) is 13.2 Å². The molecule has 0 fully saturated rings. The highest BCUT2D eigenvalue weighted by Crippen LogP contribution is 2.32. The van der Waals surface area contributed by atoms with Gasteiger partial charge in [0.2, 0.25) is 0 Å². The van der Waals surface area contributed by atoms with Crippen molar-refractivity contribution in [2.45, 2.75) is 12.8 Å². The van der Waals surface area contributed by atoms with E-state index in [0.29, 0.717) is 5.02 Å². The maximum absolute atomic E-state index is 12.8. The Labute approximate surface area is 135 Å². The first kappa shape index (κ1) is 16.6. The summed E-state index contributed by atoms with van der Waals surface area (Å²) in [5.41, 5.74) is -0.185. The van der Waals surface area contributed by atoms with Crippen molar-refractivity contribution in [3.8, 4) is 0 Å². The number of rotatable bonds is 4. The van der Waals surface area contributed by atoms with Crippen LogP contribution in [-0.4, -0.2) is 6.21 Å². The lowest BCUT2D eigenvalue weighted by atomic mass is 10.1. The molecule has 0 aliphatic rings. The number of hydrogen-bond donors (Lipinski definition) is 0. The smallest absolute Gasteiger partial charge is 0.391 e. The van der Waals surface area contributed by atoms with Crippen LogP contribution in [0.3, 0.4) is 0 Å². The second kappa shape index (κ2) is 7.03. The van der Waals surface area contributed by atoms with Gasteiger partial charge in [-0.05, 0) is 35.9 Å². The molecule has 116 valence electrons. The normalized spacial score (nSPS) is 11.9. The van der Waals surface area contributed by atoms with Crippen LogP contribution < -0.4 is 0 Å². The molecule has 2 aromatic rings. The maximum Gasteiger partial charge on any atom is 0.417 e. The molecule has 0 unspecified atom stereocenters. The second-order valence-electron chi connectivity index (χ2n) is 4.36. The molecule has 0 bridgehead atoms. The van der Waals surface area contributed by atoms with Gasteiger partial charge in [-0.15, -0.1) is 0 Å². The summed E-state index contributed by atoms with van der Waals surface area (Å²) in [6.07, 6.45) is -3.49. The molecule has 0 N–H and O–H groups in total. The van der Waals surface area contributed by atoms with Gasteiger partial charge in [0.1, 0.15) is 6.61 Å². The fourth-order valence-electron chi connectivity index (χ4n) is 1.69. The Morgan fingerprint density at radius 1 is 1.00 bits per heavy atom. The minimum atomic E-state index is -4.48. The zero-order valence-corrected chi connectivity index (χ0v) is 12.6. The van der Waals surface area contributed by atoms with Crippen LogP contribution in [0.1, 0.15) is 16.7 Å². The van der Waals surface area contributed by atoms with E-state index in [1.807, 2.05) is 0 Å². The molecule has 0 saturated heterocycles. The molecule has 0 aliphatic heterocycles. The first-order valence-electron chi connectivity index (χ1n) is 6.13. The summed E-state index contributed by atoms with van der Waals surface area (Å²) in [4.78, 5) is 4.99. The van der Waals surface area contributed by atoms with Crippen LogP contribution in [0.2, 0.25) is 10.0 Å². The number of alkyl halides is 3. The Bertz CT molecular complexity index is 669. The topological polar surface area (TPSA) is 21.6 Å². The van der Waals surface area contributed by atoms with Gasteiger partial charge in [-0.25, -0.2) is 0 Å². The molecular formula is C15H10Cl2F3NO. The summed E-state index contributed by atoms with van der Waals surface area (Å²) in [6.45, 7) is 0.121. The summed E-state index contributed by atoms with van der Waals surface area (Å²) >= 11 is 11.4. The molecule has 0 spiro atoms. The molecule has 22 heavy (non-hydrogen) atoms. The highest BCUT2D eigenvalue weighted by molar-refractivity contribution is 6.31. The van der Waals surface area contributed by atoms with E-state index >= 15 is 0 Å². The van der Waals surface area contributed by atoms with Crippen LogP contribution in [0.5, 0.6) is 0 Å². The average Bonchev–Trinajstić information content (AvgIpc) is 2.44. The van der Waals surface area contributed by atoms with Gasteiger partial charge in [-0.3, -0.25) is 0 Å². The maximum atomic E-state index is 12.8. The molecule has 0 amide bonds. The zero-order valence-electron chi connectivity index (χ0n) is 11.1. The number of hydrogen-bond acceptors (Lipinski definition) is 2. The van der Waals surface area contributed by atoms with Crippen molar-refractivity contribution in [3.05, 3.63) is 69.2 Å². The van der Waals surface area contributed by atoms with Crippen molar-refractivity contribution in [3.63, 3.8) is 0 Å². The Morgan fingerprint density at radius 3 is 2.27 bits per heavy atom. The van der Waals surface area contributed by atoms with Gasteiger partial charge in [0.15, 0.2) is 0 Å². The third-order valence-corrected chi connectivity index (χ3v) is 3.22. The minimum absolute atomic E-state index is 0.121. The van der Waals surface area contributed by atoms with Crippen molar-refractivity contribution in [2.75, 3.05) is 0 Å². The second-order valence-corrected chi connectivity index (χ2v) is 5.24. The van der Waals surface area contributed by atoms with E-state index in [-0.39, 0.29) is 17.2 Å². The highest BCUT2D eigenvalue weighted by atomic mass is 35.5. The summed E-state index contributed by atoms with van der Waals surface area (Å²) < 4.78 is 38.5. The SMILES string of the molecule is FC(F)(F)c1ccc(Cl)cc1C=NOCc1ccc(Cl)cc1. The van der Waals surface area contributed by atoms with Crippen molar-refractivity contribution in [1.82, 2.24) is 0 Å². The van der Waals surface area contributed by atoms with Gasteiger partial charge in [-0.2, -0.15) is 13.2 Å². The fraction of sp³-hybridized carbons (Fsp3) is 0.133. The monoisotopic (exact) mass is 347 g/mol. The van der Waals surface area contributed by atoms with E-state index in [1.165, 1.54) is 12.1 Å². The largest absolute Gasteiger partial charge is 0.417 e. The minimum Gasteiger partial charge on any atom is -0.391 e. The number of halogens is 5. The van der Waals surface area contributed by atoms with Gasteiger partial charge in [0, 0.05) is 15.6 Å². The first-order chi connectivity index (χ1) is 10.4. The van der Waals surface area contributed by atoms with Crippen molar-refractivity contribution >= 4 is 29.4 Å². The Hall–Kier alpha value is -1.72. The van der Waals surface area contributed by atoms with Crippen molar-refractivity contribution in [2.24, 2.45) is 5.16 Å². The van der Waals surface area contributed by atoms with E-state index in [1.54, 1.807) is 24.3 Å². The molecule has 0 radical (unpaired) electrons. The fourth-order valence-corrected chi connectivity index (χ4v) is 1.99. The van der Waals surface area contributed by atoms with E-state index in [4.69, 9.17) is 28.0 Å². The molecule has 0 atom stereocenters. The molecule has 2 aromatic carbocycles. The standard InChI is InChI=1S/C15H10Cl2F3NO/c16-12-3-1-10(2-4-12)9-22-21-8-11-7-13(17)5-6-14(11)15(18,19)20/h1-8H,9H2. The predicted molar refractivity (Wildman–Crippen MR) is 80.3 cm³/mol. The van der Waals surface area contributed by atoms with Gasteiger partial charge < -0.3 is 4.84 Å². The number of nitrogens with zero attached hydrogens (tertiary/aromatic N) is 1. The molecule has 2 nitrogen and oxygen atoms in total. The van der Waals surface area contributed by atoms with E-state index in [9.17, 15) is 13.2 Å². The van der Waals surface area contributed by atoms with Crippen LogP contribution >= 0.6 is 23.2 Å². The lowest BCUT2D eigenvalue weighted by Gasteiger charge is -2.09. The third-order valence-electron chi connectivity index (χ3n) is 2.73. The predicted octanol–water partition coefficient (Wildman–Crippen LogP) is 5.56. The van der Waals surface area contributed by atoms with Gasteiger partial charge in [0.05, 0.1) is 11.8 Å². The lowest BCUT2D eigenvalue weighted by Crippen LogP contribution is -2.08. The molecule has 0 aliphatic carbocycles. The highest BCUT2D eigenvalue weighted by Gasteiger charge is 2.32. The lowest BCUT2D eigenvalue weighted by molar-refractivity contribution is -0.137. The van der Waals surface area contributed by atoms with Crippen molar-refractivity contribution < 1.29 is 18.0 Å². The molecule has 0 heterocycles. The molecule has 7 heteroatoms. The average molecular weight is 348 g/mol. The molecular weight excluding hydrogens is 338 g/mol.